The Morgan fingerprint density at radius 3 is 2.44 bits per heavy atom. The van der Waals surface area contributed by atoms with E-state index >= 15 is 0 Å². The second kappa shape index (κ2) is 6.01. The highest BCUT2D eigenvalue weighted by molar-refractivity contribution is 5.76. The van der Waals surface area contributed by atoms with E-state index in [1.807, 2.05) is 20.2 Å². The molecule has 0 bridgehead atoms. The van der Waals surface area contributed by atoms with Crippen molar-refractivity contribution in [2.75, 3.05) is 24.3 Å². The lowest BCUT2D eigenvalue weighted by atomic mass is 10.0. The Hall–Kier alpha value is -3.22. The summed E-state index contributed by atoms with van der Waals surface area (Å²) in [5.74, 6) is 0.296. The van der Waals surface area contributed by atoms with E-state index in [0.717, 1.165) is 22.5 Å². The number of halogens is 1. The van der Waals surface area contributed by atoms with Crippen LogP contribution < -0.4 is 10.2 Å². The van der Waals surface area contributed by atoms with Crippen molar-refractivity contribution in [1.82, 2.24) is 20.2 Å². The van der Waals surface area contributed by atoms with E-state index in [-0.39, 0.29) is 11.9 Å². The van der Waals surface area contributed by atoms with E-state index in [4.69, 9.17) is 0 Å². The van der Waals surface area contributed by atoms with Crippen LogP contribution >= 0.6 is 0 Å². The molecule has 1 aliphatic heterocycles. The summed E-state index contributed by atoms with van der Waals surface area (Å²) in [5.41, 5.74) is 3.92. The highest BCUT2D eigenvalue weighted by atomic mass is 19.1. The molecule has 0 saturated heterocycles. The van der Waals surface area contributed by atoms with Crippen molar-refractivity contribution in [1.29, 1.82) is 0 Å². The third kappa shape index (κ3) is 2.84. The standard InChI is InChI=1S/C18H17FN6/c1-24(2)15-9-5-13(6-10-15)17-11-16(12-3-7-14(19)8-4-12)20-18-21-22-23-25(17)18/h3-11,17H,1-2H3,(H,20,21,23)/t17-/m1/s1. The van der Waals surface area contributed by atoms with Crippen molar-refractivity contribution in [3.05, 3.63) is 71.6 Å². The molecule has 0 radical (unpaired) electrons. The SMILES string of the molecule is CN(C)c1ccc([C@H]2C=C(c3ccc(F)cc3)Nc3nnnn32)cc1. The van der Waals surface area contributed by atoms with Gasteiger partial charge in [0.2, 0.25) is 5.95 Å². The molecule has 0 aliphatic carbocycles. The average Bonchev–Trinajstić information content (AvgIpc) is 3.10. The summed E-state index contributed by atoms with van der Waals surface area (Å²) in [5, 5.41) is 15.1. The molecule has 126 valence electrons. The Bertz CT molecular complexity index is 911. The van der Waals surface area contributed by atoms with Crippen molar-refractivity contribution in [3.8, 4) is 0 Å². The maximum absolute atomic E-state index is 13.2. The Morgan fingerprint density at radius 1 is 1.04 bits per heavy atom. The van der Waals surface area contributed by atoms with Crippen LogP contribution in [0.3, 0.4) is 0 Å². The van der Waals surface area contributed by atoms with E-state index in [2.05, 4.69) is 50.0 Å². The summed E-state index contributed by atoms with van der Waals surface area (Å²) in [6.45, 7) is 0. The zero-order valence-electron chi connectivity index (χ0n) is 13.9. The number of fused-ring (bicyclic) bond motifs is 1. The number of nitrogens with zero attached hydrogens (tertiary/aromatic N) is 5. The number of hydrogen-bond donors (Lipinski definition) is 1. The van der Waals surface area contributed by atoms with Crippen molar-refractivity contribution in [2.45, 2.75) is 6.04 Å². The summed E-state index contributed by atoms with van der Waals surface area (Å²) in [6.07, 6.45) is 2.04. The van der Waals surface area contributed by atoms with E-state index in [1.165, 1.54) is 12.1 Å². The van der Waals surface area contributed by atoms with E-state index < -0.39 is 0 Å². The van der Waals surface area contributed by atoms with Gasteiger partial charge in [0.25, 0.3) is 0 Å². The molecule has 1 N–H and O–H groups in total. The molecular formula is C18H17FN6. The fraction of sp³-hybridized carbons (Fsp3) is 0.167. The molecular weight excluding hydrogens is 319 g/mol. The summed E-state index contributed by atoms with van der Waals surface area (Å²) < 4.78 is 14.9. The van der Waals surface area contributed by atoms with Crippen LogP contribution in [0.25, 0.3) is 5.70 Å². The average molecular weight is 336 g/mol. The van der Waals surface area contributed by atoms with Crippen LogP contribution in [0.2, 0.25) is 0 Å². The van der Waals surface area contributed by atoms with Gasteiger partial charge in [0.15, 0.2) is 0 Å². The van der Waals surface area contributed by atoms with Crippen molar-refractivity contribution < 1.29 is 4.39 Å². The molecule has 0 saturated carbocycles. The lowest BCUT2D eigenvalue weighted by Gasteiger charge is -2.24. The number of anilines is 2. The van der Waals surface area contributed by atoms with Gasteiger partial charge in [-0.2, -0.15) is 4.68 Å². The third-order valence-electron chi connectivity index (χ3n) is 4.23. The molecule has 6 nitrogen and oxygen atoms in total. The van der Waals surface area contributed by atoms with Crippen LogP contribution in [0.15, 0.2) is 54.6 Å². The number of nitrogens with one attached hydrogen (secondary N) is 1. The van der Waals surface area contributed by atoms with E-state index in [0.29, 0.717) is 5.95 Å². The van der Waals surface area contributed by atoms with Gasteiger partial charge in [-0.3, -0.25) is 0 Å². The normalized spacial score (nSPS) is 16.0. The van der Waals surface area contributed by atoms with Crippen molar-refractivity contribution >= 4 is 17.3 Å². The fourth-order valence-corrected chi connectivity index (χ4v) is 2.86. The van der Waals surface area contributed by atoms with Gasteiger partial charge in [0.05, 0.1) is 0 Å². The smallest absolute Gasteiger partial charge is 0.248 e. The first-order chi connectivity index (χ1) is 12.1. The minimum atomic E-state index is -0.263. The molecule has 1 aliphatic rings. The van der Waals surface area contributed by atoms with Crippen molar-refractivity contribution in [2.24, 2.45) is 0 Å². The van der Waals surface area contributed by atoms with Crippen molar-refractivity contribution in [3.63, 3.8) is 0 Å². The second-order valence-electron chi connectivity index (χ2n) is 6.09. The molecule has 1 aromatic heterocycles. The Kier molecular flexibility index (Phi) is 3.68. The molecule has 0 fully saturated rings. The Labute approximate surface area is 144 Å². The van der Waals surface area contributed by atoms with Gasteiger partial charge in [-0.05, 0) is 64.0 Å². The number of tetrazole rings is 1. The van der Waals surface area contributed by atoms with Gasteiger partial charge >= 0.3 is 0 Å². The molecule has 2 aromatic carbocycles. The van der Waals surface area contributed by atoms with Gasteiger partial charge in [-0.15, -0.1) is 0 Å². The highest BCUT2D eigenvalue weighted by Crippen LogP contribution is 2.32. The lowest BCUT2D eigenvalue weighted by Crippen LogP contribution is -2.20. The monoisotopic (exact) mass is 336 g/mol. The number of rotatable bonds is 3. The summed E-state index contributed by atoms with van der Waals surface area (Å²) >= 11 is 0. The maximum Gasteiger partial charge on any atom is 0.248 e. The van der Waals surface area contributed by atoms with Crippen LogP contribution in [0.5, 0.6) is 0 Å². The molecule has 7 heteroatoms. The van der Waals surface area contributed by atoms with Gasteiger partial charge in [0.1, 0.15) is 11.9 Å². The predicted octanol–water partition coefficient (Wildman–Crippen LogP) is 2.93. The maximum atomic E-state index is 13.2. The zero-order chi connectivity index (χ0) is 17.4. The molecule has 0 spiro atoms. The third-order valence-corrected chi connectivity index (χ3v) is 4.23. The summed E-state index contributed by atoms with van der Waals surface area (Å²) in [4.78, 5) is 2.05. The first-order valence-electron chi connectivity index (χ1n) is 7.92. The zero-order valence-corrected chi connectivity index (χ0v) is 13.9. The summed E-state index contributed by atoms with van der Waals surface area (Å²) in [6, 6.07) is 14.5. The van der Waals surface area contributed by atoms with Crippen LogP contribution in [0, 0.1) is 5.82 Å². The Balaban J connectivity index is 1.75. The molecule has 0 amide bonds. The van der Waals surface area contributed by atoms with Crippen LogP contribution in [0.4, 0.5) is 16.0 Å². The topological polar surface area (TPSA) is 58.9 Å². The molecule has 1 atom stereocenters. The lowest BCUT2D eigenvalue weighted by molar-refractivity contribution is 0.586. The molecule has 4 rings (SSSR count). The predicted molar refractivity (Wildman–Crippen MR) is 94.7 cm³/mol. The molecule has 3 aromatic rings. The quantitative estimate of drug-likeness (QED) is 0.797. The van der Waals surface area contributed by atoms with Gasteiger partial charge < -0.3 is 10.2 Å². The van der Waals surface area contributed by atoms with Crippen LogP contribution in [0.1, 0.15) is 17.2 Å². The fourth-order valence-electron chi connectivity index (χ4n) is 2.86. The van der Waals surface area contributed by atoms with Crippen LogP contribution in [-0.2, 0) is 0 Å². The van der Waals surface area contributed by atoms with Gasteiger partial charge in [0, 0.05) is 25.5 Å². The molecule has 25 heavy (non-hydrogen) atoms. The number of aromatic nitrogens is 4. The molecule has 2 heterocycles. The number of hydrogen-bond acceptors (Lipinski definition) is 5. The summed E-state index contributed by atoms with van der Waals surface area (Å²) in [7, 11) is 4.01. The first kappa shape index (κ1) is 15.3. The molecule has 0 unspecified atom stereocenters. The number of benzene rings is 2. The largest absolute Gasteiger partial charge is 0.378 e. The number of allylic oxidation sites excluding steroid dienone is 1. The minimum Gasteiger partial charge on any atom is -0.378 e. The van der Waals surface area contributed by atoms with Gasteiger partial charge in [-0.25, -0.2) is 4.39 Å². The van der Waals surface area contributed by atoms with E-state index in [1.54, 1.807) is 16.8 Å². The Morgan fingerprint density at radius 2 is 1.76 bits per heavy atom. The van der Waals surface area contributed by atoms with Gasteiger partial charge in [-0.1, -0.05) is 17.2 Å². The van der Waals surface area contributed by atoms with E-state index in [9.17, 15) is 4.39 Å². The minimum absolute atomic E-state index is 0.137. The second-order valence-corrected chi connectivity index (χ2v) is 6.09. The highest BCUT2D eigenvalue weighted by Gasteiger charge is 2.24. The first-order valence-corrected chi connectivity index (χ1v) is 7.92. The van der Waals surface area contributed by atoms with Crippen LogP contribution in [-0.4, -0.2) is 34.3 Å².